The van der Waals surface area contributed by atoms with E-state index in [1.807, 2.05) is 20.8 Å². The Labute approximate surface area is 119 Å². The van der Waals surface area contributed by atoms with Gasteiger partial charge in [-0.1, -0.05) is 22.9 Å². The molecule has 2 nitrogen and oxygen atoms in total. The van der Waals surface area contributed by atoms with E-state index in [-0.39, 0.29) is 5.69 Å². The Morgan fingerprint density at radius 3 is 2.21 bits per heavy atom. The Morgan fingerprint density at radius 1 is 1.21 bits per heavy atom. The van der Waals surface area contributed by atoms with Gasteiger partial charge < -0.3 is 0 Å². The zero-order valence-electron chi connectivity index (χ0n) is 11.1. The summed E-state index contributed by atoms with van der Waals surface area (Å²) in [4.78, 5) is 0. The number of aromatic nitrogens is 2. The number of hydrogen-bond donors (Lipinski definition) is 0. The Morgan fingerprint density at radius 2 is 1.79 bits per heavy atom. The van der Waals surface area contributed by atoms with Crippen LogP contribution in [0.3, 0.4) is 0 Å². The third-order valence-electron chi connectivity index (χ3n) is 3.24. The molecular formula is C14H15BrF2N2. The van der Waals surface area contributed by atoms with Crippen LogP contribution >= 0.6 is 15.9 Å². The highest BCUT2D eigenvalue weighted by Gasteiger charge is 2.18. The third-order valence-corrected chi connectivity index (χ3v) is 3.88. The summed E-state index contributed by atoms with van der Waals surface area (Å²) < 4.78 is 29.5. The van der Waals surface area contributed by atoms with Crippen molar-refractivity contribution in [1.82, 2.24) is 9.78 Å². The van der Waals surface area contributed by atoms with Crippen LogP contribution in [0.25, 0.3) is 5.69 Å². The largest absolute Gasteiger partial charge is 0.232 e. The lowest BCUT2D eigenvalue weighted by Gasteiger charge is -2.09. The van der Waals surface area contributed by atoms with Crippen LogP contribution < -0.4 is 0 Å². The fourth-order valence-electron chi connectivity index (χ4n) is 2.30. The number of benzene rings is 1. The normalized spacial score (nSPS) is 11.1. The predicted octanol–water partition coefficient (Wildman–Crippen LogP) is 4.22. The van der Waals surface area contributed by atoms with Gasteiger partial charge in [-0.2, -0.15) is 5.10 Å². The first-order valence-electron chi connectivity index (χ1n) is 6.08. The van der Waals surface area contributed by atoms with Crippen LogP contribution in [0, 0.1) is 25.5 Å². The topological polar surface area (TPSA) is 17.8 Å². The molecule has 0 atom stereocenters. The highest BCUT2D eigenvalue weighted by Crippen LogP contribution is 2.24. The summed E-state index contributed by atoms with van der Waals surface area (Å²) in [6.07, 6.45) is 0.792. The molecule has 5 heteroatoms. The maximum absolute atomic E-state index is 14.1. The van der Waals surface area contributed by atoms with Gasteiger partial charge in [0.15, 0.2) is 11.6 Å². The number of alkyl halides is 1. The predicted molar refractivity (Wildman–Crippen MR) is 75.0 cm³/mol. The highest BCUT2D eigenvalue weighted by molar-refractivity contribution is 9.08. The molecule has 0 saturated carbocycles. The van der Waals surface area contributed by atoms with Gasteiger partial charge in [0.25, 0.3) is 0 Å². The summed E-state index contributed by atoms with van der Waals surface area (Å²) in [5, 5.41) is 4.67. The van der Waals surface area contributed by atoms with Crippen LogP contribution in [0.1, 0.15) is 29.4 Å². The highest BCUT2D eigenvalue weighted by atomic mass is 79.9. The van der Waals surface area contributed by atoms with E-state index in [1.54, 1.807) is 0 Å². The number of hydrogen-bond acceptors (Lipinski definition) is 1. The van der Waals surface area contributed by atoms with E-state index >= 15 is 0 Å². The molecule has 0 fully saturated rings. The van der Waals surface area contributed by atoms with Gasteiger partial charge in [0.2, 0.25) is 0 Å². The zero-order chi connectivity index (χ0) is 14.2. The van der Waals surface area contributed by atoms with Gasteiger partial charge in [-0.25, -0.2) is 13.5 Å². The fraction of sp³-hybridized carbons (Fsp3) is 0.357. The molecule has 0 aliphatic carbocycles. The summed E-state index contributed by atoms with van der Waals surface area (Å²) in [6, 6.07) is 2.66. The van der Waals surface area contributed by atoms with Crippen molar-refractivity contribution in [3.8, 4) is 5.69 Å². The molecule has 0 unspecified atom stereocenters. The molecule has 1 aromatic carbocycles. The maximum Gasteiger partial charge on any atom is 0.152 e. The van der Waals surface area contributed by atoms with Gasteiger partial charge in [0, 0.05) is 11.0 Å². The Balaban J connectivity index is 2.66. The molecule has 1 aromatic heterocycles. The SMILES string of the molecule is CCc1c(C)nn(-c2c(F)cc(CBr)cc2F)c1C. The molecule has 2 rings (SSSR count). The lowest BCUT2D eigenvalue weighted by molar-refractivity contribution is 0.555. The van der Waals surface area contributed by atoms with E-state index in [0.29, 0.717) is 10.9 Å². The van der Waals surface area contributed by atoms with Gasteiger partial charge in [0.1, 0.15) is 5.69 Å². The Kier molecular flexibility index (Phi) is 4.04. The minimum atomic E-state index is -0.595. The van der Waals surface area contributed by atoms with Crippen LogP contribution in [0.2, 0.25) is 0 Å². The molecule has 2 aromatic rings. The molecule has 1 heterocycles. The number of halogens is 3. The molecule has 0 radical (unpaired) electrons. The fourth-order valence-corrected chi connectivity index (χ4v) is 2.63. The number of aryl methyl sites for hydroxylation is 1. The molecule has 19 heavy (non-hydrogen) atoms. The van der Waals surface area contributed by atoms with E-state index in [9.17, 15) is 8.78 Å². The van der Waals surface area contributed by atoms with Gasteiger partial charge in [-0.05, 0) is 43.5 Å². The lowest BCUT2D eigenvalue weighted by Crippen LogP contribution is -2.06. The van der Waals surface area contributed by atoms with Crippen molar-refractivity contribution in [2.75, 3.05) is 0 Å². The van der Waals surface area contributed by atoms with Gasteiger partial charge in [-0.3, -0.25) is 0 Å². The molecule has 0 amide bonds. The van der Waals surface area contributed by atoms with E-state index < -0.39 is 11.6 Å². The second-order valence-electron chi connectivity index (χ2n) is 4.46. The minimum Gasteiger partial charge on any atom is -0.232 e. The van der Waals surface area contributed by atoms with E-state index in [1.165, 1.54) is 16.8 Å². The molecule has 0 bridgehead atoms. The minimum absolute atomic E-state index is 0.106. The third kappa shape index (κ3) is 2.43. The van der Waals surface area contributed by atoms with Crippen LogP contribution in [0.5, 0.6) is 0 Å². The lowest BCUT2D eigenvalue weighted by atomic mass is 10.1. The molecule has 0 aliphatic rings. The first kappa shape index (κ1) is 14.2. The first-order valence-corrected chi connectivity index (χ1v) is 7.21. The first-order chi connectivity index (χ1) is 8.99. The van der Waals surface area contributed by atoms with Gasteiger partial charge in [0.05, 0.1) is 5.69 Å². The van der Waals surface area contributed by atoms with Crippen molar-refractivity contribution in [3.63, 3.8) is 0 Å². The molecule has 102 valence electrons. The van der Waals surface area contributed by atoms with Gasteiger partial charge in [-0.15, -0.1) is 0 Å². The van der Waals surface area contributed by atoms with Crippen LogP contribution in [0.4, 0.5) is 8.78 Å². The van der Waals surface area contributed by atoms with Crippen LogP contribution in [-0.4, -0.2) is 9.78 Å². The van der Waals surface area contributed by atoms with E-state index in [2.05, 4.69) is 21.0 Å². The van der Waals surface area contributed by atoms with Crippen molar-refractivity contribution in [1.29, 1.82) is 0 Å². The second kappa shape index (κ2) is 5.41. The summed E-state index contributed by atoms with van der Waals surface area (Å²) in [6.45, 7) is 5.68. The van der Waals surface area contributed by atoms with Crippen molar-refractivity contribution < 1.29 is 8.78 Å². The molecule has 0 aliphatic heterocycles. The smallest absolute Gasteiger partial charge is 0.152 e. The van der Waals surface area contributed by atoms with Crippen LogP contribution in [-0.2, 0) is 11.8 Å². The van der Waals surface area contributed by atoms with Crippen molar-refractivity contribution in [2.45, 2.75) is 32.5 Å². The Hall–Kier alpha value is -1.23. The molecular weight excluding hydrogens is 314 g/mol. The quantitative estimate of drug-likeness (QED) is 0.771. The summed E-state index contributed by atoms with van der Waals surface area (Å²) in [5.74, 6) is -1.19. The zero-order valence-corrected chi connectivity index (χ0v) is 12.7. The molecule has 0 saturated heterocycles. The van der Waals surface area contributed by atoms with Crippen molar-refractivity contribution >= 4 is 15.9 Å². The van der Waals surface area contributed by atoms with Gasteiger partial charge >= 0.3 is 0 Å². The maximum atomic E-state index is 14.1. The monoisotopic (exact) mass is 328 g/mol. The summed E-state index contributed by atoms with van der Waals surface area (Å²) in [7, 11) is 0. The number of rotatable bonds is 3. The van der Waals surface area contributed by atoms with Crippen molar-refractivity contribution in [3.05, 3.63) is 46.3 Å². The van der Waals surface area contributed by atoms with E-state index in [4.69, 9.17) is 0 Å². The van der Waals surface area contributed by atoms with Crippen LogP contribution in [0.15, 0.2) is 12.1 Å². The standard InChI is InChI=1S/C14H15BrF2N2/c1-4-11-8(2)18-19(9(11)3)14-12(16)5-10(7-15)6-13(14)17/h5-6H,4,7H2,1-3H3. The second-order valence-corrected chi connectivity index (χ2v) is 5.02. The average Bonchev–Trinajstić information content (AvgIpc) is 2.63. The van der Waals surface area contributed by atoms with E-state index in [0.717, 1.165) is 23.4 Å². The molecule has 0 spiro atoms. The van der Waals surface area contributed by atoms with Crippen molar-refractivity contribution in [2.24, 2.45) is 0 Å². The average molecular weight is 329 g/mol. The Bertz CT molecular complexity index is 597. The summed E-state index contributed by atoms with van der Waals surface area (Å²) >= 11 is 3.19. The molecule has 0 N–H and O–H groups in total. The number of nitrogens with zero attached hydrogens (tertiary/aromatic N) is 2. The summed E-state index contributed by atoms with van der Waals surface area (Å²) in [5.41, 5.74) is 3.08.